The normalized spacial score (nSPS) is 11.9. The van der Waals surface area contributed by atoms with Crippen molar-refractivity contribution in [2.75, 3.05) is 0 Å². The molecule has 0 spiro atoms. The van der Waals surface area contributed by atoms with Crippen LogP contribution in [0, 0.1) is 0 Å². The summed E-state index contributed by atoms with van der Waals surface area (Å²) in [5.41, 5.74) is 3.71. The summed E-state index contributed by atoms with van der Waals surface area (Å²) in [7, 11) is 0. The molecule has 0 aromatic heterocycles. The molecular weight excluding hydrogens is 204 g/mol. The largest absolute Gasteiger partial charge is 0.0870 e. The van der Waals surface area contributed by atoms with E-state index >= 15 is 0 Å². The number of rotatable bonds is 3. The van der Waals surface area contributed by atoms with Crippen LogP contribution in [0.4, 0.5) is 0 Å². The van der Waals surface area contributed by atoms with Crippen molar-refractivity contribution in [1.82, 2.24) is 0 Å². The van der Waals surface area contributed by atoms with Crippen molar-refractivity contribution in [3.8, 4) is 0 Å². The molecule has 0 heterocycles. The maximum atomic E-state index is 2.20. The Balaban J connectivity index is 2.40. The summed E-state index contributed by atoms with van der Waals surface area (Å²) in [5, 5.41) is 0. The van der Waals surface area contributed by atoms with Gasteiger partial charge in [0.05, 0.1) is 0 Å². The van der Waals surface area contributed by atoms with Crippen molar-refractivity contribution in [1.29, 1.82) is 0 Å². The number of hydrogen-bond acceptors (Lipinski definition) is 0. The lowest BCUT2D eigenvalue weighted by molar-refractivity contribution is 1.60. The first kappa shape index (κ1) is 11.4. The average Bonchev–Trinajstić information content (AvgIpc) is 2.40. The SMILES string of the molecule is C/C=C\C(=Cc1ccccc1)c1ccccc1. The lowest BCUT2D eigenvalue weighted by Gasteiger charge is -2.02. The van der Waals surface area contributed by atoms with Crippen LogP contribution in [0.15, 0.2) is 72.8 Å². The smallest absolute Gasteiger partial charge is 0.0181 e. The molecule has 0 fully saturated rings. The molecular formula is C17H16. The average molecular weight is 220 g/mol. The Morgan fingerprint density at radius 3 is 2.00 bits per heavy atom. The second-order valence-electron chi connectivity index (χ2n) is 3.88. The molecule has 0 amide bonds. The summed E-state index contributed by atoms with van der Waals surface area (Å²) in [6.07, 6.45) is 6.42. The van der Waals surface area contributed by atoms with Gasteiger partial charge >= 0.3 is 0 Å². The summed E-state index contributed by atoms with van der Waals surface area (Å²) in [5.74, 6) is 0. The van der Waals surface area contributed by atoms with E-state index in [0.29, 0.717) is 0 Å². The first-order valence-corrected chi connectivity index (χ1v) is 5.85. The van der Waals surface area contributed by atoms with Crippen molar-refractivity contribution in [2.45, 2.75) is 6.92 Å². The van der Waals surface area contributed by atoms with Crippen molar-refractivity contribution in [2.24, 2.45) is 0 Å². The van der Waals surface area contributed by atoms with Gasteiger partial charge in [-0.2, -0.15) is 0 Å². The molecule has 2 rings (SSSR count). The molecule has 17 heavy (non-hydrogen) atoms. The Labute approximate surface area is 103 Å². The summed E-state index contributed by atoms with van der Waals surface area (Å²) in [4.78, 5) is 0. The van der Waals surface area contributed by atoms with E-state index in [2.05, 4.69) is 66.8 Å². The van der Waals surface area contributed by atoms with Gasteiger partial charge in [-0.05, 0) is 29.7 Å². The predicted molar refractivity (Wildman–Crippen MR) is 75.6 cm³/mol. The van der Waals surface area contributed by atoms with E-state index in [1.807, 2.05) is 19.1 Å². The number of allylic oxidation sites excluding steroid dienone is 3. The Hall–Kier alpha value is -2.08. The fourth-order valence-electron chi connectivity index (χ4n) is 1.77. The zero-order chi connectivity index (χ0) is 11.9. The van der Waals surface area contributed by atoms with E-state index in [1.54, 1.807) is 0 Å². The van der Waals surface area contributed by atoms with Crippen LogP contribution in [0.25, 0.3) is 11.6 Å². The minimum atomic E-state index is 1.23. The monoisotopic (exact) mass is 220 g/mol. The zero-order valence-corrected chi connectivity index (χ0v) is 10.0. The minimum absolute atomic E-state index is 1.23. The molecule has 0 atom stereocenters. The highest BCUT2D eigenvalue weighted by Crippen LogP contribution is 2.19. The lowest BCUT2D eigenvalue weighted by atomic mass is 10.0. The first-order valence-electron chi connectivity index (χ1n) is 5.85. The van der Waals surface area contributed by atoms with E-state index in [9.17, 15) is 0 Å². The third-order valence-corrected chi connectivity index (χ3v) is 2.58. The quantitative estimate of drug-likeness (QED) is 0.514. The van der Waals surface area contributed by atoms with Gasteiger partial charge < -0.3 is 0 Å². The van der Waals surface area contributed by atoms with E-state index in [0.717, 1.165) is 0 Å². The summed E-state index contributed by atoms with van der Waals surface area (Å²) >= 11 is 0. The predicted octanol–water partition coefficient (Wildman–Crippen LogP) is 4.80. The van der Waals surface area contributed by atoms with Gasteiger partial charge in [0.25, 0.3) is 0 Å². The molecule has 0 saturated carbocycles. The second-order valence-corrected chi connectivity index (χ2v) is 3.88. The van der Waals surface area contributed by atoms with Crippen LogP contribution in [0.2, 0.25) is 0 Å². The highest BCUT2D eigenvalue weighted by atomic mass is 14.0. The molecule has 2 aromatic rings. The highest BCUT2D eigenvalue weighted by molar-refractivity contribution is 5.87. The lowest BCUT2D eigenvalue weighted by Crippen LogP contribution is -1.80. The summed E-state index contributed by atoms with van der Waals surface area (Å²) in [6, 6.07) is 20.8. The minimum Gasteiger partial charge on any atom is -0.0870 e. The zero-order valence-electron chi connectivity index (χ0n) is 10.0. The van der Waals surface area contributed by atoms with E-state index in [-0.39, 0.29) is 0 Å². The van der Waals surface area contributed by atoms with Crippen LogP contribution in [0.1, 0.15) is 18.1 Å². The Kier molecular flexibility index (Phi) is 3.93. The fourth-order valence-corrected chi connectivity index (χ4v) is 1.77. The molecule has 0 heteroatoms. The van der Waals surface area contributed by atoms with Crippen LogP contribution in [0.5, 0.6) is 0 Å². The van der Waals surface area contributed by atoms with Gasteiger partial charge in [-0.3, -0.25) is 0 Å². The van der Waals surface area contributed by atoms with E-state index in [1.165, 1.54) is 16.7 Å². The molecule has 0 bridgehead atoms. The van der Waals surface area contributed by atoms with E-state index in [4.69, 9.17) is 0 Å². The first-order chi connectivity index (χ1) is 8.40. The number of benzene rings is 2. The molecule has 0 aliphatic heterocycles. The van der Waals surface area contributed by atoms with Gasteiger partial charge in [0, 0.05) is 0 Å². The second kappa shape index (κ2) is 5.86. The fraction of sp³-hybridized carbons (Fsp3) is 0.0588. The molecule has 0 N–H and O–H groups in total. The van der Waals surface area contributed by atoms with E-state index < -0.39 is 0 Å². The topological polar surface area (TPSA) is 0 Å². The standard InChI is InChI=1S/C17H16/c1-2-9-17(16-12-7-4-8-13-16)14-15-10-5-3-6-11-15/h2-14H,1H3/b9-2-,17-14?. The van der Waals surface area contributed by atoms with Crippen LogP contribution in [-0.4, -0.2) is 0 Å². The van der Waals surface area contributed by atoms with Gasteiger partial charge in [-0.15, -0.1) is 0 Å². The maximum Gasteiger partial charge on any atom is -0.0181 e. The van der Waals surface area contributed by atoms with Crippen molar-refractivity contribution >= 4 is 11.6 Å². The van der Waals surface area contributed by atoms with Gasteiger partial charge in [0.2, 0.25) is 0 Å². The van der Waals surface area contributed by atoms with Crippen LogP contribution in [0.3, 0.4) is 0 Å². The maximum absolute atomic E-state index is 2.20. The summed E-state index contributed by atoms with van der Waals surface area (Å²) < 4.78 is 0. The Morgan fingerprint density at radius 2 is 1.41 bits per heavy atom. The van der Waals surface area contributed by atoms with Gasteiger partial charge in [0.1, 0.15) is 0 Å². The summed E-state index contributed by atoms with van der Waals surface area (Å²) in [6.45, 7) is 2.04. The molecule has 84 valence electrons. The van der Waals surface area contributed by atoms with Gasteiger partial charge in [-0.1, -0.05) is 72.8 Å². The molecule has 0 nitrogen and oxygen atoms in total. The Bertz CT molecular complexity index is 504. The molecule has 0 saturated heterocycles. The molecule has 0 aliphatic rings. The van der Waals surface area contributed by atoms with Crippen LogP contribution >= 0.6 is 0 Å². The van der Waals surface area contributed by atoms with Crippen molar-refractivity contribution in [3.05, 3.63) is 83.9 Å². The van der Waals surface area contributed by atoms with Crippen molar-refractivity contribution < 1.29 is 0 Å². The third kappa shape index (κ3) is 3.18. The molecule has 0 aliphatic carbocycles. The van der Waals surface area contributed by atoms with Crippen LogP contribution < -0.4 is 0 Å². The van der Waals surface area contributed by atoms with Gasteiger partial charge in [-0.25, -0.2) is 0 Å². The molecule has 0 unspecified atom stereocenters. The molecule has 2 aromatic carbocycles. The van der Waals surface area contributed by atoms with Gasteiger partial charge in [0.15, 0.2) is 0 Å². The Morgan fingerprint density at radius 1 is 0.824 bits per heavy atom. The van der Waals surface area contributed by atoms with Crippen LogP contribution in [-0.2, 0) is 0 Å². The highest BCUT2D eigenvalue weighted by Gasteiger charge is 1.96. The molecule has 0 radical (unpaired) electrons. The number of hydrogen-bond donors (Lipinski definition) is 0. The van der Waals surface area contributed by atoms with Crippen molar-refractivity contribution in [3.63, 3.8) is 0 Å². The third-order valence-electron chi connectivity index (χ3n) is 2.58.